The molecule has 0 saturated carbocycles. The van der Waals surface area contributed by atoms with E-state index in [0.29, 0.717) is 23.3 Å². The molecule has 0 saturated heterocycles. The number of hydrogen-bond donors (Lipinski definition) is 4. The van der Waals surface area contributed by atoms with Crippen LogP contribution >= 0.6 is 0 Å². The van der Waals surface area contributed by atoms with Crippen LogP contribution in [0.15, 0.2) is 58.8 Å². The lowest BCUT2D eigenvalue weighted by molar-refractivity contribution is -0.131. The quantitative estimate of drug-likeness (QED) is 0.245. The predicted molar refractivity (Wildman–Crippen MR) is 115 cm³/mol. The van der Waals surface area contributed by atoms with Crippen molar-refractivity contribution in [3.05, 3.63) is 64.2 Å². The molecule has 0 aromatic heterocycles. The average molecular weight is 425 g/mol. The third kappa shape index (κ3) is 5.24. The Labute approximate surface area is 179 Å². The number of nitrogens with zero attached hydrogens (tertiary/aromatic N) is 3. The first kappa shape index (κ1) is 23.5. The lowest BCUT2D eigenvalue weighted by Gasteiger charge is -2.44. The highest BCUT2D eigenvalue weighted by molar-refractivity contribution is 6.00. The number of benzene rings is 1. The van der Waals surface area contributed by atoms with Gasteiger partial charge in [0.1, 0.15) is 5.60 Å². The molecule has 1 aliphatic carbocycles. The second kappa shape index (κ2) is 8.93. The highest BCUT2D eigenvalue weighted by Crippen LogP contribution is 2.44. The molecule has 1 aromatic carbocycles. The Morgan fingerprint density at radius 3 is 2.58 bits per heavy atom. The molecule has 9 nitrogen and oxygen atoms in total. The van der Waals surface area contributed by atoms with E-state index in [1.165, 1.54) is 18.2 Å². The van der Waals surface area contributed by atoms with Gasteiger partial charge in [0.05, 0.1) is 11.8 Å². The van der Waals surface area contributed by atoms with Gasteiger partial charge in [-0.05, 0) is 55.7 Å². The number of allylic oxidation sites excluding steroid dienone is 3. The molecule has 0 fully saturated rings. The number of aliphatic carboxylic acids is 1. The molecule has 0 unspecified atom stereocenters. The van der Waals surface area contributed by atoms with Crippen LogP contribution in [0.2, 0.25) is 0 Å². The minimum Gasteiger partial charge on any atom is -0.501 e. The zero-order valence-corrected chi connectivity index (χ0v) is 17.7. The Balaban J connectivity index is 2.27. The van der Waals surface area contributed by atoms with Gasteiger partial charge < -0.3 is 15.3 Å². The van der Waals surface area contributed by atoms with Gasteiger partial charge in [0, 0.05) is 17.1 Å². The summed E-state index contributed by atoms with van der Waals surface area (Å²) < 4.78 is 0. The van der Waals surface area contributed by atoms with E-state index in [1.54, 1.807) is 32.1 Å². The number of carbonyl (C=O) groups is 2. The number of amides is 1. The van der Waals surface area contributed by atoms with E-state index in [4.69, 9.17) is 10.5 Å². The third-order valence-electron chi connectivity index (χ3n) is 5.22. The summed E-state index contributed by atoms with van der Waals surface area (Å²) in [6, 6.07) is 3.81. The fourth-order valence-corrected chi connectivity index (χ4v) is 3.39. The van der Waals surface area contributed by atoms with Gasteiger partial charge in [-0.15, -0.1) is 0 Å². The Morgan fingerprint density at radius 1 is 1.32 bits per heavy atom. The van der Waals surface area contributed by atoms with Gasteiger partial charge in [-0.1, -0.05) is 19.9 Å². The maximum atomic E-state index is 12.3. The van der Waals surface area contributed by atoms with Crippen molar-refractivity contribution in [2.24, 2.45) is 10.5 Å². The first-order chi connectivity index (χ1) is 14.4. The van der Waals surface area contributed by atoms with E-state index >= 15 is 0 Å². The second-order valence-electron chi connectivity index (χ2n) is 8.06. The Morgan fingerprint density at radius 2 is 2.00 bits per heavy atom. The second-order valence-corrected chi connectivity index (χ2v) is 8.06. The fraction of sp³-hybridized carbons (Fsp3) is 0.318. The van der Waals surface area contributed by atoms with Gasteiger partial charge in [-0.2, -0.15) is 5.10 Å². The average Bonchev–Trinajstić information content (AvgIpc) is 2.68. The fourth-order valence-electron chi connectivity index (χ4n) is 3.39. The number of hydrogen-bond acceptors (Lipinski definition) is 6. The summed E-state index contributed by atoms with van der Waals surface area (Å²) in [5.41, 5.74) is 2.00. The van der Waals surface area contributed by atoms with E-state index in [9.17, 15) is 19.8 Å². The summed E-state index contributed by atoms with van der Waals surface area (Å²) in [6.07, 6.45) is 6.18. The van der Waals surface area contributed by atoms with Crippen molar-refractivity contribution in [1.82, 2.24) is 5.43 Å². The summed E-state index contributed by atoms with van der Waals surface area (Å²) in [5, 5.41) is 42.6. The molecular formula is C22H25N4O5+. The van der Waals surface area contributed by atoms with Crippen LogP contribution in [0.1, 0.15) is 44.5 Å². The summed E-state index contributed by atoms with van der Waals surface area (Å²) >= 11 is 0. The summed E-state index contributed by atoms with van der Waals surface area (Å²) in [6.45, 7) is 7.05. The lowest BCUT2D eigenvalue weighted by atomic mass is 9.64. The van der Waals surface area contributed by atoms with Crippen LogP contribution in [-0.2, 0) is 4.79 Å². The Kier molecular flexibility index (Phi) is 6.78. The highest BCUT2D eigenvalue weighted by atomic mass is 16.4. The number of phenols is 1. The number of rotatable bonds is 5. The van der Waals surface area contributed by atoms with Crippen molar-refractivity contribution < 1.29 is 24.9 Å². The molecule has 162 valence electrons. The largest absolute Gasteiger partial charge is 0.501 e. The first-order valence-electron chi connectivity index (χ1n) is 9.46. The molecule has 0 aliphatic heterocycles. The molecule has 1 aliphatic rings. The van der Waals surface area contributed by atoms with Crippen LogP contribution in [0.25, 0.3) is 4.98 Å². The Hall–Kier alpha value is -3.77. The lowest BCUT2D eigenvalue weighted by Crippen LogP contribution is -2.48. The third-order valence-corrected chi connectivity index (χ3v) is 5.22. The van der Waals surface area contributed by atoms with Crippen molar-refractivity contribution in [2.75, 3.05) is 0 Å². The molecule has 0 radical (unpaired) electrons. The minimum absolute atomic E-state index is 0.140. The number of diazo groups is 1. The summed E-state index contributed by atoms with van der Waals surface area (Å²) in [4.78, 5) is 26.0. The van der Waals surface area contributed by atoms with Gasteiger partial charge in [-0.3, -0.25) is 4.79 Å². The van der Waals surface area contributed by atoms with E-state index < -0.39 is 22.9 Å². The number of carboxylic acids is 1. The maximum absolute atomic E-state index is 12.3. The summed E-state index contributed by atoms with van der Waals surface area (Å²) in [5.74, 6) is -1.89. The zero-order chi connectivity index (χ0) is 23.4. The van der Waals surface area contributed by atoms with Crippen LogP contribution in [0, 0.1) is 10.8 Å². The molecule has 0 heterocycles. The first-order valence-corrected chi connectivity index (χ1v) is 9.46. The van der Waals surface area contributed by atoms with Gasteiger partial charge >= 0.3 is 11.7 Å². The van der Waals surface area contributed by atoms with Gasteiger partial charge in [0.15, 0.2) is 4.98 Å². The van der Waals surface area contributed by atoms with Crippen molar-refractivity contribution in [2.45, 2.75) is 39.7 Å². The van der Waals surface area contributed by atoms with Crippen LogP contribution in [0.3, 0.4) is 0 Å². The zero-order valence-electron chi connectivity index (χ0n) is 17.7. The Bertz CT molecular complexity index is 1080. The standard InChI is InChI=1S/C22H24N4O5/c1-13(9-19(28)29)7-8-22(31)14(2)10-16(12-21(22,3)4)25-26-20(30)15-5-6-18(27)17(11-15)24-23/h5-11,31H,12H2,1-4H3,(H2-,26,27,28,29,30)/p+1/b8-7+,13-9-,25-16-/t22-/m1/s1. The molecular weight excluding hydrogens is 400 g/mol. The van der Waals surface area contributed by atoms with Crippen LogP contribution in [0.5, 0.6) is 5.75 Å². The SMILES string of the molecule is CC1=C/C(=N/NC(=O)c2ccc(O)c([N+]#N)c2)CC(C)(C)[C@@]1(O)/C=C/C(C)=C\C(=O)O. The van der Waals surface area contributed by atoms with E-state index in [0.717, 1.165) is 6.08 Å². The van der Waals surface area contributed by atoms with Gasteiger partial charge in [0.25, 0.3) is 5.91 Å². The number of aromatic hydroxyl groups is 1. The number of hydrazone groups is 1. The molecule has 1 aromatic rings. The van der Waals surface area contributed by atoms with Gasteiger partial charge in [0.2, 0.25) is 11.1 Å². The smallest absolute Gasteiger partial charge is 0.426 e. The van der Waals surface area contributed by atoms with E-state index in [1.807, 2.05) is 13.8 Å². The van der Waals surface area contributed by atoms with Crippen LogP contribution in [0.4, 0.5) is 5.69 Å². The highest BCUT2D eigenvalue weighted by Gasteiger charge is 2.46. The molecule has 4 N–H and O–H groups in total. The molecule has 31 heavy (non-hydrogen) atoms. The van der Waals surface area contributed by atoms with Crippen LogP contribution in [-0.4, -0.2) is 38.5 Å². The monoisotopic (exact) mass is 425 g/mol. The topological polar surface area (TPSA) is 147 Å². The number of carbonyl (C=O) groups excluding carboxylic acids is 1. The molecule has 0 bridgehead atoms. The van der Waals surface area contributed by atoms with Gasteiger partial charge in [-0.25, -0.2) is 10.2 Å². The molecule has 1 amide bonds. The molecule has 9 heteroatoms. The van der Waals surface area contributed by atoms with Crippen molar-refractivity contribution in [1.29, 1.82) is 5.39 Å². The number of carboxylic acid groups (broad SMARTS) is 1. The van der Waals surface area contributed by atoms with Crippen molar-refractivity contribution in [3.8, 4) is 5.75 Å². The van der Waals surface area contributed by atoms with E-state index in [-0.39, 0.29) is 17.0 Å². The number of nitrogens with one attached hydrogen (secondary N) is 1. The molecule has 2 rings (SSSR count). The molecule has 1 atom stereocenters. The number of phenolic OH excluding ortho intramolecular Hbond substituents is 1. The number of aliphatic hydroxyl groups is 1. The van der Waals surface area contributed by atoms with Crippen LogP contribution < -0.4 is 5.43 Å². The molecule has 0 spiro atoms. The van der Waals surface area contributed by atoms with Crippen molar-refractivity contribution >= 4 is 23.3 Å². The maximum Gasteiger partial charge on any atom is 0.426 e. The van der Waals surface area contributed by atoms with E-state index in [2.05, 4.69) is 15.5 Å². The van der Waals surface area contributed by atoms with Crippen molar-refractivity contribution in [3.63, 3.8) is 0 Å². The summed E-state index contributed by atoms with van der Waals surface area (Å²) in [7, 11) is 0. The predicted octanol–water partition coefficient (Wildman–Crippen LogP) is 3.66. The normalized spacial score (nSPS) is 22.1. The minimum atomic E-state index is -1.34.